The molecule has 0 fully saturated rings. The first-order valence-electron chi connectivity index (χ1n) is 9.84. The Kier molecular flexibility index (Phi) is 7.03. The highest BCUT2D eigenvalue weighted by Crippen LogP contribution is 2.38. The van der Waals surface area contributed by atoms with Crippen molar-refractivity contribution in [2.45, 2.75) is 77.9 Å². The quantitative estimate of drug-likeness (QED) is 0.228. The van der Waals surface area contributed by atoms with E-state index in [1.54, 1.807) is 34.6 Å². The second-order valence-corrected chi connectivity index (χ2v) is 8.98. The van der Waals surface area contributed by atoms with Gasteiger partial charge in [-0.2, -0.15) is 4.99 Å². The number of aliphatic imine (C=N–C) groups is 1. The van der Waals surface area contributed by atoms with Crippen LogP contribution in [0.25, 0.3) is 0 Å². The van der Waals surface area contributed by atoms with Crippen LogP contribution in [-0.4, -0.2) is 47.1 Å². The number of isocyanates is 1. The summed E-state index contributed by atoms with van der Waals surface area (Å²) in [7, 11) is 0. The fourth-order valence-corrected chi connectivity index (χ4v) is 3.38. The standard InChI is InChI=1S/C22H28N2O7/c1-12(26)29-20(24-11-25)17(30-21(2,3)4)9-14(27)13-7-8-16-18(19(13)23)15(28)10-22(5,6)31-16/h7-8,17,20H,9-10,23H2,1-6H3/t17?,20-/m1/s1. The minimum atomic E-state index is -1.36. The molecule has 9 heteroatoms. The van der Waals surface area contributed by atoms with Crippen molar-refractivity contribution in [3.8, 4) is 5.75 Å². The van der Waals surface area contributed by atoms with Crippen LogP contribution in [0.1, 0.15) is 75.1 Å². The van der Waals surface area contributed by atoms with Gasteiger partial charge >= 0.3 is 5.97 Å². The molecule has 1 heterocycles. The molecule has 0 aromatic heterocycles. The minimum absolute atomic E-state index is 0.0143. The molecule has 2 N–H and O–H groups in total. The van der Waals surface area contributed by atoms with Crippen LogP contribution in [0, 0.1) is 0 Å². The molecule has 2 atom stereocenters. The molecule has 1 unspecified atom stereocenters. The second-order valence-electron chi connectivity index (χ2n) is 8.98. The van der Waals surface area contributed by atoms with E-state index in [4.69, 9.17) is 19.9 Å². The zero-order valence-electron chi connectivity index (χ0n) is 18.6. The molecular formula is C22H28N2O7. The third-order valence-corrected chi connectivity index (χ3v) is 4.44. The Morgan fingerprint density at radius 1 is 1.32 bits per heavy atom. The summed E-state index contributed by atoms with van der Waals surface area (Å²) in [4.78, 5) is 51.4. The number of esters is 1. The predicted octanol–water partition coefficient (Wildman–Crippen LogP) is 2.99. The number of ketones is 2. The third-order valence-electron chi connectivity index (χ3n) is 4.44. The number of carbonyl (C=O) groups is 3. The number of rotatable bonds is 7. The van der Waals surface area contributed by atoms with E-state index in [9.17, 15) is 19.2 Å². The van der Waals surface area contributed by atoms with Crippen molar-refractivity contribution in [1.29, 1.82) is 0 Å². The number of hydrogen-bond acceptors (Lipinski definition) is 9. The molecule has 9 nitrogen and oxygen atoms in total. The van der Waals surface area contributed by atoms with E-state index in [-0.39, 0.29) is 35.4 Å². The first-order chi connectivity index (χ1) is 14.2. The Morgan fingerprint density at radius 3 is 2.52 bits per heavy atom. The maximum atomic E-state index is 13.1. The number of hydrogen-bond donors (Lipinski definition) is 1. The average molecular weight is 432 g/mol. The molecule has 1 aliphatic rings. The summed E-state index contributed by atoms with van der Waals surface area (Å²) < 4.78 is 16.7. The first kappa shape index (κ1) is 24.2. The maximum Gasteiger partial charge on any atom is 0.304 e. The van der Waals surface area contributed by atoms with Gasteiger partial charge in [0.2, 0.25) is 12.3 Å². The molecule has 0 bridgehead atoms. The van der Waals surface area contributed by atoms with Crippen molar-refractivity contribution in [2.24, 2.45) is 4.99 Å². The van der Waals surface area contributed by atoms with Crippen LogP contribution >= 0.6 is 0 Å². The number of nitrogens with zero attached hydrogens (tertiary/aromatic N) is 1. The van der Waals surface area contributed by atoms with Crippen LogP contribution in [0.3, 0.4) is 0 Å². The fourth-order valence-electron chi connectivity index (χ4n) is 3.38. The molecule has 1 aromatic rings. The van der Waals surface area contributed by atoms with Gasteiger partial charge in [-0.05, 0) is 46.8 Å². The number of anilines is 1. The highest BCUT2D eigenvalue weighted by Gasteiger charge is 2.36. The summed E-state index contributed by atoms with van der Waals surface area (Å²) in [6.45, 7) is 9.96. The number of nitrogens with two attached hydrogens (primary N) is 1. The molecule has 168 valence electrons. The van der Waals surface area contributed by atoms with Gasteiger partial charge in [0.1, 0.15) is 17.5 Å². The van der Waals surface area contributed by atoms with Crippen LogP contribution in [0.15, 0.2) is 17.1 Å². The molecule has 0 radical (unpaired) electrons. The third kappa shape index (κ3) is 6.23. The monoisotopic (exact) mass is 432 g/mol. The van der Waals surface area contributed by atoms with E-state index in [0.717, 1.165) is 6.92 Å². The Bertz CT molecular complexity index is 940. The molecule has 0 saturated carbocycles. The molecule has 1 aliphatic heterocycles. The predicted molar refractivity (Wildman–Crippen MR) is 112 cm³/mol. The van der Waals surface area contributed by atoms with E-state index in [1.807, 2.05) is 0 Å². The number of fused-ring (bicyclic) bond motifs is 1. The molecule has 0 saturated heterocycles. The summed E-state index contributed by atoms with van der Waals surface area (Å²) in [6, 6.07) is 3.01. The van der Waals surface area contributed by atoms with Crippen molar-refractivity contribution < 1.29 is 33.4 Å². The number of carbonyl (C=O) groups excluding carboxylic acids is 4. The molecule has 2 rings (SSSR count). The number of benzene rings is 1. The lowest BCUT2D eigenvalue weighted by atomic mass is 9.89. The lowest BCUT2D eigenvalue weighted by Crippen LogP contribution is -2.39. The largest absolute Gasteiger partial charge is 0.487 e. The van der Waals surface area contributed by atoms with Crippen molar-refractivity contribution in [2.75, 3.05) is 5.73 Å². The Labute approximate surface area is 180 Å². The van der Waals surface area contributed by atoms with Crippen LogP contribution < -0.4 is 10.5 Å². The SMILES string of the molecule is CC(=O)O[C@@H](N=C=O)C(CC(=O)c1ccc2c(c1N)C(=O)CC(C)(C)O2)OC(C)(C)C. The van der Waals surface area contributed by atoms with Gasteiger partial charge in [0.05, 0.1) is 23.3 Å². The molecule has 0 aliphatic carbocycles. The van der Waals surface area contributed by atoms with Crippen LogP contribution in [-0.2, 0) is 19.1 Å². The molecular weight excluding hydrogens is 404 g/mol. The van der Waals surface area contributed by atoms with E-state index in [0.29, 0.717) is 5.75 Å². The summed E-state index contributed by atoms with van der Waals surface area (Å²) in [5.74, 6) is -1.06. The summed E-state index contributed by atoms with van der Waals surface area (Å²) in [5.41, 5.74) is 5.05. The zero-order valence-corrected chi connectivity index (χ0v) is 18.6. The Morgan fingerprint density at radius 2 is 1.97 bits per heavy atom. The van der Waals surface area contributed by atoms with Gasteiger partial charge in [0, 0.05) is 18.9 Å². The van der Waals surface area contributed by atoms with Gasteiger partial charge in [-0.3, -0.25) is 14.4 Å². The van der Waals surface area contributed by atoms with Crippen molar-refractivity contribution in [1.82, 2.24) is 0 Å². The fraction of sp³-hybridized carbons (Fsp3) is 0.545. The normalized spacial score (nSPS) is 16.9. The maximum absolute atomic E-state index is 13.1. The molecule has 31 heavy (non-hydrogen) atoms. The lowest BCUT2D eigenvalue weighted by molar-refractivity contribution is -0.162. The van der Waals surface area contributed by atoms with Gasteiger partial charge < -0.3 is 19.9 Å². The van der Waals surface area contributed by atoms with Gasteiger partial charge in [0.25, 0.3) is 0 Å². The minimum Gasteiger partial charge on any atom is -0.487 e. The summed E-state index contributed by atoms with van der Waals surface area (Å²) in [5, 5.41) is 0. The second kappa shape index (κ2) is 8.99. The van der Waals surface area contributed by atoms with E-state index < -0.39 is 35.3 Å². The summed E-state index contributed by atoms with van der Waals surface area (Å²) in [6.07, 6.45) is -1.27. The van der Waals surface area contributed by atoms with Crippen LogP contribution in [0.5, 0.6) is 5.75 Å². The molecule has 1 aromatic carbocycles. The molecule has 0 spiro atoms. The number of ether oxygens (including phenoxy) is 3. The van der Waals surface area contributed by atoms with Gasteiger partial charge in [-0.25, -0.2) is 4.79 Å². The number of Topliss-reactive ketones (excluding diaryl/α,β-unsaturated/α-hetero) is 2. The van der Waals surface area contributed by atoms with E-state index in [2.05, 4.69) is 4.99 Å². The van der Waals surface area contributed by atoms with Gasteiger partial charge in [-0.1, -0.05) is 0 Å². The highest BCUT2D eigenvalue weighted by atomic mass is 16.6. The first-order valence-corrected chi connectivity index (χ1v) is 9.84. The van der Waals surface area contributed by atoms with Crippen LogP contribution in [0.2, 0.25) is 0 Å². The summed E-state index contributed by atoms with van der Waals surface area (Å²) >= 11 is 0. The topological polar surface area (TPSA) is 134 Å². The lowest BCUT2D eigenvalue weighted by Gasteiger charge is -2.32. The van der Waals surface area contributed by atoms with Gasteiger partial charge in [0.15, 0.2) is 11.6 Å². The highest BCUT2D eigenvalue weighted by molar-refractivity contribution is 6.11. The average Bonchev–Trinajstić information content (AvgIpc) is 2.57. The van der Waals surface area contributed by atoms with E-state index in [1.165, 1.54) is 18.2 Å². The van der Waals surface area contributed by atoms with Crippen LogP contribution in [0.4, 0.5) is 5.69 Å². The Balaban J connectivity index is 2.39. The molecule has 0 amide bonds. The van der Waals surface area contributed by atoms with E-state index >= 15 is 0 Å². The zero-order chi connectivity index (χ0) is 23.6. The van der Waals surface area contributed by atoms with Crippen molar-refractivity contribution in [3.05, 3.63) is 23.3 Å². The van der Waals surface area contributed by atoms with Crippen molar-refractivity contribution >= 4 is 29.3 Å². The Hall–Kier alpha value is -3.03. The smallest absolute Gasteiger partial charge is 0.304 e. The van der Waals surface area contributed by atoms with Crippen molar-refractivity contribution in [3.63, 3.8) is 0 Å². The number of nitrogen functional groups attached to an aromatic ring is 1. The van der Waals surface area contributed by atoms with Gasteiger partial charge in [-0.15, -0.1) is 0 Å².